The van der Waals surface area contributed by atoms with Crippen molar-refractivity contribution in [1.82, 2.24) is 38.9 Å². The fourth-order valence-corrected chi connectivity index (χ4v) is 5.79. The highest BCUT2D eigenvalue weighted by Crippen LogP contribution is 2.30. The molecule has 3 aliphatic rings. The van der Waals surface area contributed by atoms with E-state index in [0.717, 1.165) is 37.3 Å². The molecule has 13 heteroatoms. The van der Waals surface area contributed by atoms with Gasteiger partial charge in [0.15, 0.2) is 17.0 Å². The number of fused-ring (bicyclic) bond motifs is 2. The van der Waals surface area contributed by atoms with Gasteiger partial charge in [0.2, 0.25) is 11.8 Å². The molecule has 7 rings (SSSR count). The molecule has 210 valence electrons. The molecular formula is C27H33N9O4. The first-order valence-corrected chi connectivity index (χ1v) is 13.8. The summed E-state index contributed by atoms with van der Waals surface area (Å²) < 4.78 is 14.6. The maximum absolute atomic E-state index is 13.6. The number of carbonyl (C=O) groups excluding carboxylic acids is 1. The average Bonchev–Trinajstić information content (AvgIpc) is 3.51. The van der Waals surface area contributed by atoms with Gasteiger partial charge in [0.05, 0.1) is 37.5 Å². The summed E-state index contributed by atoms with van der Waals surface area (Å²) in [5.74, 6) is 1.68. The van der Waals surface area contributed by atoms with E-state index in [9.17, 15) is 9.90 Å². The van der Waals surface area contributed by atoms with Gasteiger partial charge in [0.25, 0.3) is 5.91 Å². The minimum Gasteiger partial charge on any atom is -0.385 e. The van der Waals surface area contributed by atoms with Crippen molar-refractivity contribution >= 4 is 33.9 Å². The number of rotatable bonds is 5. The number of nitrogens with zero attached hydrogens (tertiary/aromatic N) is 9. The van der Waals surface area contributed by atoms with E-state index in [-0.39, 0.29) is 5.91 Å². The number of carbonyl (C=O) groups is 1. The van der Waals surface area contributed by atoms with E-state index in [0.29, 0.717) is 80.0 Å². The molecule has 1 unspecified atom stereocenters. The predicted molar refractivity (Wildman–Crippen MR) is 147 cm³/mol. The van der Waals surface area contributed by atoms with Crippen molar-refractivity contribution in [3.05, 3.63) is 35.9 Å². The van der Waals surface area contributed by atoms with Crippen molar-refractivity contribution in [2.24, 2.45) is 7.05 Å². The summed E-state index contributed by atoms with van der Waals surface area (Å²) in [6.07, 6.45) is -0.840. The lowest BCUT2D eigenvalue weighted by Crippen LogP contribution is -2.63. The Labute approximate surface area is 230 Å². The first-order chi connectivity index (χ1) is 19.5. The molecule has 1 amide bonds. The summed E-state index contributed by atoms with van der Waals surface area (Å²) >= 11 is 0. The van der Waals surface area contributed by atoms with E-state index in [4.69, 9.17) is 24.4 Å². The third-order valence-corrected chi connectivity index (χ3v) is 8.06. The van der Waals surface area contributed by atoms with Crippen LogP contribution in [0.1, 0.15) is 29.5 Å². The van der Waals surface area contributed by atoms with Crippen LogP contribution >= 0.6 is 0 Å². The number of aliphatic hydroxyl groups excluding tert-OH is 1. The second-order valence-electron chi connectivity index (χ2n) is 10.6. The van der Waals surface area contributed by atoms with Gasteiger partial charge in [-0.25, -0.2) is 9.97 Å². The minimum absolute atomic E-state index is 0.114. The van der Waals surface area contributed by atoms with Gasteiger partial charge < -0.3 is 28.9 Å². The fourth-order valence-electron chi connectivity index (χ4n) is 5.79. The summed E-state index contributed by atoms with van der Waals surface area (Å²) in [7, 11) is 1.82. The molecule has 13 nitrogen and oxygen atoms in total. The minimum atomic E-state index is -0.840. The molecule has 1 aromatic carbocycles. The van der Waals surface area contributed by atoms with Crippen molar-refractivity contribution < 1.29 is 19.4 Å². The molecule has 3 aromatic heterocycles. The Morgan fingerprint density at radius 3 is 2.40 bits per heavy atom. The number of ether oxygens (including phenoxy) is 2. The number of likely N-dealkylation sites (tertiary alicyclic amines) is 1. The van der Waals surface area contributed by atoms with E-state index in [1.165, 1.54) is 0 Å². The molecule has 1 atom stereocenters. The van der Waals surface area contributed by atoms with Crippen molar-refractivity contribution in [2.45, 2.75) is 19.1 Å². The zero-order valence-electron chi connectivity index (χ0n) is 22.7. The largest absolute Gasteiger partial charge is 0.385 e. The van der Waals surface area contributed by atoms with Crippen molar-refractivity contribution in [2.75, 3.05) is 70.6 Å². The molecule has 0 radical (unpaired) electrons. The van der Waals surface area contributed by atoms with Gasteiger partial charge in [0.1, 0.15) is 11.9 Å². The SMILES string of the molecule is CC(O)c1nc2ccccc2n1-c1nc(N2CCOCC2)c2nc(C(=O)N3CC(N4CCOCC4)C3)n(C)c2n1. The topological polar surface area (TPSA) is 127 Å². The van der Waals surface area contributed by atoms with Crippen LogP contribution in [0, 0.1) is 0 Å². The van der Waals surface area contributed by atoms with Crippen LogP contribution in [0.3, 0.4) is 0 Å². The van der Waals surface area contributed by atoms with Crippen molar-refractivity contribution in [3.8, 4) is 5.95 Å². The number of aliphatic hydroxyl groups is 1. The predicted octanol–water partition coefficient (Wildman–Crippen LogP) is 0.749. The molecule has 3 aliphatic heterocycles. The molecule has 3 fully saturated rings. The van der Waals surface area contributed by atoms with Crippen LogP contribution in [0.25, 0.3) is 28.1 Å². The van der Waals surface area contributed by atoms with Gasteiger partial charge in [-0.3, -0.25) is 14.3 Å². The number of benzene rings is 1. The molecule has 40 heavy (non-hydrogen) atoms. The number of imidazole rings is 2. The summed E-state index contributed by atoms with van der Waals surface area (Å²) in [6.45, 7) is 8.74. The van der Waals surface area contributed by atoms with Crippen molar-refractivity contribution in [3.63, 3.8) is 0 Å². The summed E-state index contributed by atoms with van der Waals surface area (Å²) in [5.41, 5.74) is 2.65. The maximum Gasteiger partial charge on any atom is 0.290 e. The summed E-state index contributed by atoms with van der Waals surface area (Å²) in [5, 5.41) is 10.6. The Morgan fingerprint density at radius 2 is 1.68 bits per heavy atom. The second kappa shape index (κ2) is 10.1. The number of hydrogen-bond donors (Lipinski definition) is 1. The third-order valence-electron chi connectivity index (χ3n) is 8.06. The second-order valence-corrected chi connectivity index (χ2v) is 10.6. The Bertz CT molecular complexity index is 1560. The monoisotopic (exact) mass is 547 g/mol. The highest BCUT2D eigenvalue weighted by atomic mass is 16.5. The molecular weight excluding hydrogens is 514 g/mol. The van der Waals surface area contributed by atoms with Crippen LogP contribution in [-0.4, -0.2) is 122 Å². The van der Waals surface area contributed by atoms with Crippen molar-refractivity contribution in [1.29, 1.82) is 0 Å². The van der Waals surface area contributed by atoms with E-state index in [2.05, 4.69) is 14.8 Å². The molecule has 1 N–H and O–H groups in total. The van der Waals surface area contributed by atoms with Gasteiger partial charge in [0, 0.05) is 52.4 Å². The number of amides is 1. The Kier molecular flexibility index (Phi) is 6.38. The lowest BCUT2D eigenvalue weighted by Gasteiger charge is -2.46. The molecule has 4 aromatic rings. The maximum atomic E-state index is 13.6. The quantitative estimate of drug-likeness (QED) is 0.382. The summed E-state index contributed by atoms with van der Waals surface area (Å²) in [4.78, 5) is 39.4. The Hall–Kier alpha value is -3.65. The molecule has 0 aliphatic carbocycles. The normalized spacial score (nSPS) is 19.9. The van der Waals surface area contributed by atoms with Crippen LogP contribution in [0.2, 0.25) is 0 Å². The Balaban J connectivity index is 1.31. The van der Waals surface area contributed by atoms with Gasteiger partial charge in [-0.05, 0) is 19.1 Å². The zero-order chi connectivity index (χ0) is 27.4. The first-order valence-electron chi connectivity index (χ1n) is 13.8. The number of morpholine rings is 2. The highest BCUT2D eigenvalue weighted by Gasteiger charge is 2.38. The van der Waals surface area contributed by atoms with Gasteiger partial charge >= 0.3 is 0 Å². The van der Waals surface area contributed by atoms with E-state index in [1.54, 1.807) is 16.1 Å². The first kappa shape index (κ1) is 25.3. The van der Waals surface area contributed by atoms with Crippen LogP contribution < -0.4 is 4.90 Å². The van der Waals surface area contributed by atoms with E-state index < -0.39 is 6.10 Å². The smallest absolute Gasteiger partial charge is 0.290 e. The molecule has 0 spiro atoms. The lowest BCUT2D eigenvalue weighted by molar-refractivity contribution is -0.0260. The van der Waals surface area contributed by atoms with Crippen LogP contribution in [-0.2, 0) is 16.5 Å². The van der Waals surface area contributed by atoms with Gasteiger partial charge in [-0.2, -0.15) is 9.97 Å². The van der Waals surface area contributed by atoms with Gasteiger partial charge in [-0.15, -0.1) is 0 Å². The van der Waals surface area contributed by atoms with Crippen LogP contribution in [0.5, 0.6) is 0 Å². The summed E-state index contributed by atoms with van der Waals surface area (Å²) in [6, 6.07) is 8.02. The molecule has 0 bridgehead atoms. The number of para-hydroxylation sites is 2. The lowest BCUT2D eigenvalue weighted by atomic mass is 10.1. The van der Waals surface area contributed by atoms with E-state index in [1.807, 2.05) is 36.2 Å². The molecule has 6 heterocycles. The number of aromatic nitrogens is 6. The number of anilines is 1. The molecule has 3 saturated heterocycles. The highest BCUT2D eigenvalue weighted by molar-refractivity contribution is 5.97. The molecule has 0 saturated carbocycles. The third kappa shape index (κ3) is 4.20. The number of aryl methyl sites for hydroxylation is 1. The number of hydrogen-bond acceptors (Lipinski definition) is 10. The standard InChI is InChI=1S/C27H33N9O4/c1-17(37)22-28-19-5-3-4-6-20(19)36(22)27-30-23-21(24(31-27)34-9-13-40-14-10-34)29-25(32(23)2)26(38)35-15-18(16-35)33-7-11-39-12-8-33/h3-6,17-18,37H,7-16H2,1-2H3. The van der Waals surface area contributed by atoms with Crippen LogP contribution in [0.4, 0.5) is 5.82 Å². The fraction of sp³-hybridized carbons (Fsp3) is 0.519. The van der Waals surface area contributed by atoms with Crippen LogP contribution in [0.15, 0.2) is 24.3 Å². The zero-order valence-corrected chi connectivity index (χ0v) is 22.7. The Morgan fingerprint density at radius 1 is 0.975 bits per heavy atom. The average molecular weight is 548 g/mol. The van der Waals surface area contributed by atoms with E-state index >= 15 is 0 Å². The van der Waals surface area contributed by atoms with Gasteiger partial charge in [-0.1, -0.05) is 12.1 Å².